The number of carbonyl (C=O) groups excluding carboxylic acids is 1. The summed E-state index contributed by atoms with van der Waals surface area (Å²) in [4.78, 5) is 14.0. The van der Waals surface area contributed by atoms with Crippen molar-refractivity contribution in [2.75, 3.05) is 5.32 Å². The van der Waals surface area contributed by atoms with Gasteiger partial charge in [-0.1, -0.05) is 73.4 Å². The molecule has 4 nitrogen and oxygen atoms in total. The van der Waals surface area contributed by atoms with Gasteiger partial charge in [0.05, 0.1) is 21.2 Å². The van der Waals surface area contributed by atoms with Crippen LogP contribution in [0.25, 0.3) is 6.08 Å². The van der Waals surface area contributed by atoms with E-state index < -0.39 is 9.84 Å². The first-order chi connectivity index (χ1) is 14.7. The summed E-state index contributed by atoms with van der Waals surface area (Å²) in [5, 5.41) is 3.43. The summed E-state index contributed by atoms with van der Waals surface area (Å²) in [5.74, 6) is -0.452. The van der Waals surface area contributed by atoms with Gasteiger partial charge in [-0.15, -0.1) is 0 Å². The van der Waals surface area contributed by atoms with Gasteiger partial charge in [0, 0.05) is 18.9 Å². The molecular formula is C22H14Br2ClNO3S2. The van der Waals surface area contributed by atoms with Gasteiger partial charge in [-0.05, 0) is 59.7 Å². The second kappa shape index (κ2) is 9.11. The lowest BCUT2D eigenvalue weighted by atomic mass is 10.2. The van der Waals surface area contributed by atoms with E-state index >= 15 is 0 Å². The van der Waals surface area contributed by atoms with Gasteiger partial charge in [0.1, 0.15) is 0 Å². The molecule has 0 atom stereocenters. The highest BCUT2D eigenvalue weighted by Gasteiger charge is 2.25. The van der Waals surface area contributed by atoms with Gasteiger partial charge in [-0.25, -0.2) is 8.42 Å². The van der Waals surface area contributed by atoms with Gasteiger partial charge >= 0.3 is 0 Å². The molecule has 0 unspecified atom stereocenters. The molecular weight excluding hydrogens is 586 g/mol. The van der Waals surface area contributed by atoms with Crippen LogP contribution in [0.3, 0.4) is 0 Å². The normalized spacial score (nSPS) is 14.9. The number of thioether (sulfide) groups is 1. The Morgan fingerprint density at radius 1 is 1.00 bits per heavy atom. The third kappa shape index (κ3) is 5.09. The van der Waals surface area contributed by atoms with Crippen LogP contribution in [0, 0.1) is 0 Å². The fourth-order valence-corrected chi connectivity index (χ4v) is 7.13. The van der Waals surface area contributed by atoms with Gasteiger partial charge in [0.15, 0.2) is 9.84 Å². The summed E-state index contributed by atoms with van der Waals surface area (Å²) in [7, 11) is -3.62. The molecule has 0 aromatic heterocycles. The zero-order valence-corrected chi connectivity index (χ0v) is 21.3. The molecule has 1 aliphatic heterocycles. The minimum atomic E-state index is -3.62. The van der Waals surface area contributed by atoms with E-state index in [0.29, 0.717) is 30.1 Å². The number of rotatable bonds is 4. The second-order valence-corrected chi connectivity index (χ2v) is 12.0. The predicted octanol–water partition coefficient (Wildman–Crippen LogP) is 6.92. The molecule has 0 radical (unpaired) electrons. The maximum Gasteiger partial charge on any atom is 0.262 e. The Hall–Kier alpha value is -1.58. The van der Waals surface area contributed by atoms with E-state index in [0.717, 1.165) is 10.5 Å². The van der Waals surface area contributed by atoms with Crippen LogP contribution >= 0.6 is 55.2 Å². The Balaban J connectivity index is 1.62. The predicted molar refractivity (Wildman–Crippen MR) is 133 cm³/mol. The lowest BCUT2D eigenvalue weighted by Crippen LogP contribution is -2.18. The monoisotopic (exact) mass is 597 g/mol. The summed E-state index contributed by atoms with van der Waals surface area (Å²) in [6.07, 6.45) is 1.77. The third-order valence-electron chi connectivity index (χ3n) is 4.57. The molecule has 0 saturated heterocycles. The Labute approximate surface area is 206 Å². The van der Waals surface area contributed by atoms with Crippen molar-refractivity contribution in [2.24, 2.45) is 0 Å². The van der Waals surface area contributed by atoms with Crippen LogP contribution in [0.1, 0.15) is 11.1 Å². The van der Waals surface area contributed by atoms with Crippen LogP contribution in [-0.4, -0.2) is 14.3 Å². The second-order valence-electron chi connectivity index (χ2n) is 6.73. The average Bonchev–Trinajstić information content (AvgIpc) is 2.72. The molecule has 1 aliphatic rings. The SMILES string of the molecule is O=C1Nc2cc(S(=O)(=O)Cc3c(Br)cccc3Br)ccc2S/C1=C\c1ccc(Cl)cc1. The van der Waals surface area contributed by atoms with E-state index in [-0.39, 0.29) is 16.6 Å². The van der Waals surface area contributed by atoms with E-state index in [4.69, 9.17) is 11.6 Å². The van der Waals surface area contributed by atoms with Crippen molar-refractivity contribution in [3.8, 4) is 0 Å². The highest BCUT2D eigenvalue weighted by Crippen LogP contribution is 2.40. The highest BCUT2D eigenvalue weighted by atomic mass is 79.9. The smallest absolute Gasteiger partial charge is 0.262 e. The molecule has 0 bridgehead atoms. The molecule has 1 amide bonds. The maximum absolute atomic E-state index is 13.0. The third-order valence-corrected chi connectivity index (χ3v) is 9.04. The van der Waals surface area contributed by atoms with Crippen molar-refractivity contribution in [3.63, 3.8) is 0 Å². The van der Waals surface area contributed by atoms with Crippen LogP contribution in [0.2, 0.25) is 5.02 Å². The Morgan fingerprint density at radius 3 is 2.35 bits per heavy atom. The lowest BCUT2D eigenvalue weighted by molar-refractivity contribution is -0.112. The van der Waals surface area contributed by atoms with Gasteiger partial charge in [-0.2, -0.15) is 0 Å². The topological polar surface area (TPSA) is 63.2 Å². The first kappa shape index (κ1) is 22.6. The molecule has 0 saturated carbocycles. The number of anilines is 1. The largest absolute Gasteiger partial charge is 0.320 e. The fourth-order valence-electron chi connectivity index (χ4n) is 2.99. The molecule has 3 aromatic carbocycles. The van der Waals surface area contributed by atoms with Crippen LogP contribution in [0.15, 0.2) is 84.3 Å². The number of benzene rings is 3. The molecule has 4 rings (SSSR count). The molecule has 158 valence electrons. The highest BCUT2D eigenvalue weighted by molar-refractivity contribution is 9.11. The molecule has 1 heterocycles. The van der Waals surface area contributed by atoms with Crippen molar-refractivity contribution < 1.29 is 13.2 Å². The summed E-state index contributed by atoms with van der Waals surface area (Å²) in [6, 6.07) is 17.4. The van der Waals surface area contributed by atoms with Gasteiger partial charge in [0.2, 0.25) is 0 Å². The molecule has 31 heavy (non-hydrogen) atoms. The number of sulfone groups is 1. The van der Waals surface area contributed by atoms with Crippen LogP contribution in [-0.2, 0) is 20.4 Å². The molecule has 3 aromatic rings. The van der Waals surface area contributed by atoms with Crippen molar-refractivity contribution >= 4 is 82.7 Å². The number of fused-ring (bicyclic) bond motifs is 1. The number of hydrogen-bond donors (Lipinski definition) is 1. The number of halogens is 3. The average molecular weight is 600 g/mol. The number of hydrogen-bond acceptors (Lipinski definition) is 4. The minimum absolute atomic E-state index is 0.153. The fraction of sp³-hybridized carbons (Fsp3) is 0.0455. The zero-order valence-electron chi connectivity index (χ0n) is 15.7. The van der Waals surface area contributed by atoms with E-state index in [9.17, 15) is 13.2 Å². The van der Waals surface area contributed by atoms with E-state index in [1.807, 2.05) is 18.2 Å². The first-order valence-electron chi connectivity index (χ1n) is 8.99. The van der Waals surface area contributed by atoms with Gasteiger partial charge < -0.3 is 5.32 Å². The van der Waals surface area contributed by atoms with Crippen LogP contribution in [0.5, 0.6) is 0 Å². The summed E-state index contributed by atoms with van der Waals surface area (Å²) >= 11 is 14.0. The number of nitrogens with one attached hydrogen (secondary N) is 1. The molecule has 0 spiro atoms. The van der Waals surface area contributed by atoms with Crippen molar-refractivity contribution in [2.45, 2.75) is 15.5 Å². The maximum atomic E-state index is 13.0. The Kier molecular flexibility index (Phi) is 6.65. The minimum Gasteiger partial charge on any atom is -0.320 e. The van der Waals surface area contributed by atoms with E-state index in [1.165, 1.54) is 17.8 Å². The van der Waals surface area contributed by atoms with E-state index in [2.05, 4.69) is 37.2 Å². The standard InChI is InChI=1S/C22H14Br2ClNO3S2/c23-17-2-1-3-18(24)16(17)12-31(28,29)15-8-9-20-19(11-15)26-22(27)21(30-20)10-13-4-6-14(25)7-5-13/h1-11H,12H2,(H,26,27)/b21-10-. The van der Waals surface area contributed by atoms with Gasteiger partial charge in [0.25, 0.3) is 5.91 Å². The number of amides is 1. The van der Waals surface area contributed by atoms with Crippen molar-refractivity contribution in [3.05, 3.63) is 90.7 Å². The molecule has 9 heteroatoms. The van der Waals surface area contributed by atoms with Crippen molar-refractivity contribution in [1.82, 2.24) is 0 Å². The summed E-state index contributed by atoms with van der Waals surface area (Å²) in [5.41, 5.74) is 1.98. The lowest BCUT2D eigenvalue weighted by Gasteiger charge is -2.19. The first-order valence-corrected chi connectivity index (χ1v) is 13.4. The summed E-state index contributed by atoms with van der Waals surface area (Å²) in [6.45, 7) is 0. The Morgan fingerprint density at radius 2 is 1.68 bits per heavy atom. The van der Waals surface area contributed by atoms with Crippen molar-refractivity contribution in [1.29, 1.82) is 0 Å². The Bertz CT molecular complexity index is 1300. The number of carbonyl (C=O) groups is 1. The quantitative estimate of drug-likeness (QED) is 0.331. The molecule has 1 N–H and O–H groups in total. The van der Waals surface area contributed by atoms with Gasteiger partial charge in [-0.3, -0.25) is 4.79 Å². The summed E-state index contributed by atoms with van der Waals surface area (Å²) < 4.78 is 27.5. The van der Waals surface area contributed by atoms with Crippen LogP contribution < -0.4 is 5.32 Å². The molecule has 0 aliphatic carbocycles. The van der Waals surface area contributed by atoms with Crippen LogP contribution in [0.4, 0.5) is 5.69 Å². The molecule has 0 fully saturated rings. The zero-order chi connectivity index (χ0) is 22.2. The van der Waals surface area contributed by atoms with E-state index in [1.54, 1.807) is 42.5 Å².